The highest BCUT2D eigenvalue weighted by molar-refractivity contribution is 6.32. The summed E-state index contributed by atoms with van der Waals surface area (Å²) in [7, 11) is 0. The molecule has 2 aliphatic heterocycles. The first kappa shape index (κ1) is 14.6. The molecule has 0 aromatic carbocycles. The van der Waals surface area contributed by atoms with Crippen molar-refractivity contribution >= 4 is 17.5 Å². The number of ether oxygens (including phenoxy) is 2. The van der Waals surface area contributed by atoms with Gasteiger partial charge in [-0.15, -0.1) is 0 Å². The fourth-order valence-corrected chi connectivity index (χ4v) is 2.60. The van der Waals surface area contributed by atoms with Crippen LogP contribution in [-0.4, -0.2) is 59.4 Å². The lowest BCUT2D eigenvalue weighted by atomic mass is 10.1. The van der Waals surface area contributed by atoms with E-state index in [1.165, 1.54) is 6.20 Å². The maximum absolute atomic E-state index is 12.1. The second-order valence-electron chi connectivity index (χ2n) is 5.30. The van der Waals surface area contributed by atoms with E-state index in [-0.39, 0.29) is 12.0 Å². The predicted molar refractivity (Wildman–Crippen MR) is 75.6 cm³/mol. The molecule has 2 saturated heterocycles. The second-order valence-corrected chi connectivity index (χ2v) is 5.71. The molecule has 1 amide bonds. The van der Waals surface area contributed by atoms with Crippen molar-refractivity contribution in [3.8, 4) is 5.88 Å². The zero-order chi connectivity index (χ0) is 14.8. The highest BCUT2D eigenvalue weighted by Gasteiger charge is 2.30. The lowest BCUT2D eigenvalue weighted by Crippen LogP contribution is -2.53. The Morgan fingerprint density at radius 2 is 2.14 bits per heavy atom. The summed E-state index contributed by atoms with van der Waals surface area (Å²) in [5.41, 5.74) is 0.409. The summed E-state index contributed by atoms with van der Waals surface area (Å²) in [5, 5.41) is 9.56. The van der Waals surface area contributed by atoms with E-state index < -0.39 is 6.10 Å². The van der Waals surface area contributed by atoms with Crippen molar-refractivity contribution in [2.24, 2.45) is 0 Å². The zero-order valence-electron chi connectivity index (χ0n) is 11.5. The number of nitrogens with zero attached hydrogens (tertiary/aromatic N) is 2. The van der Waals surface area contributed by atoms with Gasteiger partial charge in [-0.25, -0.2) is 4.98 Å². The van der Waals surface area contributed by atoms with Gasteiger partial charge >= 0.3 is 0 Å². The lowest BCUT2D eigenvalue weighted by Gasteiger charge is -2.35. The van der Waals surface area contributed by atoms with Gasteiger partial charge in [0.1, 0.15) is 11.1 Å². The van der Waals surface area contributed by atoms with Crippen molar-refractivity contribution in [3.63, 3.8) is 0 Å². The Morgan fingerprint density at radius 3 is 2.76 bits per heavy atom. The smallest absolute Gasteiger partial charge is 0.255 e. The van der Waals surface area contributed by atoms with Gasteiger partial charge in [0.05, 0.1) is 24.9 Å². The molecule has 1 aromatic heterocycles. The lowest BCUT2D eigenvalue weighted by molar-refractivity contribution is 0.00583. The van der Waals surface area contributed by atoms with Crippen LogP contribution in [0.4, 0.5) is 0 Å². The molecule has 2 aliphatic rings. The van der Waals surface area contributed by atoms with Gasteiger partial charge < -0.3 is 19.5 Å². The van der Waals surface area contributed by atoms with E-state index in [1.54, 1.807) is 11.0 Å². The molecule has 7 heteroatoms. The number of β-amino-alcohol motifs (C(OH)–C–C–N with tert-alkyl or cyclic N) is 1. The highest BCUT2D eigenvalue weighted by atomic mass is 35.5. The third-order valence-electron chi connectivity index (χ3n) is 3.65. The van der Waals surface area contributed by atoms with Gasteiger partial charge in [-0.05, 0) is 6.07 Å². The maximum atomic E-state index is 12.1. The Balaban J connectivity index is 1.66. The van der Waals surface area contributed by atoms with Crippen molar-refractivity contribution in [3.05, 3.63) is 22.8 Å². The van der Waals surface area contributed by atoms with Crippen molar-refractivity contribution in [2.45, 2.75) is 25.0 Å². The van der Waals surface area contributed by atoms with Gasteiger partial charge in [0.2, 0.25) is 5.88 Å². The molecular formula is C14H17ClN2O4. The van der Waals surface area contributed by atoms with Crippen LogP contribution in [0.5, 0.6) is 5.88 Å². The molecule has 21 heavy (non-hydrogen) atoms. The summed E-state index contributed by atoms with van der Waals surface area (Å²) in [5.74, 6) is 0.177. The monoisotopic (exact) mass is 312 g/mol. The minimum absolute atomic E-state index is 0.0517. The van der Waals surface area contributed by atoms with Crippen molar-refractivity contribution in [2.75, 3.05) is 26.3 Å². The Bertz CT molecular complexity index is 528. The normalized spacial score (nSPS) is 20.2. The van der Waals surface area contributed by atoms with Gasteiger partial charge in [0, 0.05) is 32.1 Å². The SMILES string of the molecule is O=C(c1cnc(OC2CCOCC2)c(Cl)c1)N1CC(O)C1. The molecule has 0 spiro atoms. The summed E-state index contributed by atoms with van der Waals surface area (Å²) in [4.78, 5) is 17.8. The summed E-state index contributed by atoms with van der Waals surface area (Å²) in [6.07, 6.45) is 2.71. The molecule has 0 radical (unpaired) electrons. The molecule has 0 saturated carbocycles. The van der Waals surface area contributed by atoms with E-state index in [9.17, 15) is 9.90 Å². The molecule has 2 fully saturated rings. The number of aliphatic hydroxyl groups excluding tert-OH is 1. The highest BCUT2D eigenvalue weighted by Crippen LogP contribution is 2.26. The van der Waals surface area contributed by atoms with E-state index >= 15 is 0 Å². The number of pyridine rings is 1. The predicted octanol–water partition coefficient (Wildman–Crippen LogP) is 1.11. The van der Waals surface area contributed by atoms with Crippen LogP contribution >= 0.6 is 11.6 Å². The summed E-state index contributed by atoms with van der Waals surface area (Å²) in [6, 6.07) is 1.57. The first-order valence-corrected chi connectivity index (χ1v) is 7.38. The second kappa shape index (κ2) is 6.17. The van der Waals surface area contributed by atoms with Crippen LogP contribution in [-0.2, 0) is 4.74 Å². The molecule has 1 N–H and O–H groups in total. The van der Waals surface area contributed by atoms with Crippen LogP contribution in [0, 0.1) is 0 Å². The molecule has 0 bridgehead atoms. The summed E-state index contributed by atoms with van der Waals surface area (Å²) >= 11 is 6.15. The third kappa shape index (κ3) is 3.28. The van der Waals surface area contributed by atoms with Crippen molar-refractivity contribution < 1.29 is 19.4 Å². The van der Waals surface area contributed by atoms with Crippen LogP contribution < -0.4 is 4.74 Å². The number of halogens is 1. The molecule has 0 aliphatic carbocycles. The summed E-state index contributed by atoms with van der Waals surface area (Å²) < 4.78 is 11.0. The summed E-state index contributed by atoms with van der Waals surface area (Å²) in [6.45, 7) is 2.07. The van der Waals surface area contributed by atoms with Crippen LogP contribution in [0.15, 0.2) is 12.3 Å². The van der Waals surface area contributed by atoms with Gasteiger partial charge in [0.15, 0.2) is 0 Å². The van der Waals surface area contributed by atoms with Gasteiger partial charge in [0.25, 0.3) is 5.91 Å². The van der Waals surface area contributed by atoms with E-state index in [4.69, 9.17) is 21.1 Å². The van der Waals surface area contributed by atoms with Crippen LogP contribution in [0.25, 0.3) is 0 Å². The number of hydrogen-bond acceptors (Lipinski definition) is 5. The number of carbonyl (C=O) groups is 1. The fraction of sp³-hybridized carbons (Fsp3) is 0.571. The number of amides is 1. The van der Waals surface area contributed by atoms with Crippen LogP contribution in [0.3, 0.4) is 0 Å². The first-order chi connectivity index (χ1) is 10.1. The number of carbonyl (C=O) groups excluding carboxylic acids is 1. The maximum Gasteiger partial charge on any atom is 0.255 e. The molecule has 0 atom stereocenters. The van der Waals surface area contributed by atoms with Crippen LogP contribution in [0.2, 0.25) is 5.02 Å². The fourth-order valence-electron chi connectivity index (χ4n) is 2.38. The quantitative estimate of drug-likeness (QED) is 0.905. The Kier molecular flexibility index (Phi) is 4.28. The largest absolute Gasteiger partial charge is 0.473 e. The van der Waals surface area contributed by atoms with Gasteiger partial charge in [-0.2, -0.15) is 0 Å². The average Bonchev–Trinajstić information content (AvgIpc) is 2.46. The minimum Gasteiger partial charge on any atom is -0.473 e. The molecule has 3 rings (SSSR count). The van der Waals surface area contributed by atoms with E-state index in [0.29, 0.717) is 42.8 Å². The minimum atomic E-state index is -0.423. The molecule has 3 heterocycles. The van der Waals surface area contributed by atoms with E-state index in [1.807, 2.05) is 0 Å². The zero-order valence-corrected chi connectivity index (χ0v) is 12.3. The molecule has 6 nitrogen and oxygen atoms in total. The average molecular weight is 313 g/mol. The number of aromatic nitrogens is 1. The standard InChI is InChI=1S/C14H17ClN2O4/c15-12-5-9(14(19)17-7-10(18)8-17)6-16-13(12)21-11-1-3-20-4-2-11/h5-6,10-11,18H,1-4,7-8H2. The first-order valence-electron chi connectivity index (χ1n) is 7.01. The number of rotatable bonds is 3. The number of hydrogen-bond donors (Lipinski definition) is 1. The van der Waals surface area contributed by atoms with Crippen molar-refractivity contribution in [1.82, 2.24) is 9.88 Å². The Hall–Kier alpha value is -1.37. The molecule has 114 valence electrons. The van der Waals surface area contributed by atoms with Gasteiger partial charge in [-0.1, -0.05) is 11.6 Å². The number of aliphatic hydroxyl groups is 1. The molecule has 1 aromatic rings. The Morgan fingerprint density at radius 1 is 1.43 bits per heavy atom. The van der Waals surface area contributed by atoms with E-state index in [2.05, 4.69) is 4.98 Å². The molecule has 0 unspecified atom stereocenters. The Labute approximate surface area is 127 Å². The number of likely N-dealkylation sites (tertiary alicyclic amines) is 1. The van der Waals surface area contributed by atoms with Gasteiger partial charge in [-0.3, -0.25) is 4.79 Å². The van der Waals surface area contributed by atoms with Crippen LogP contribution in [0.1, 0.15) is 23.2 Å². The topological polar surface area (TPSA) is 71.9 Å². The third-order valence-corrected chi connectivity index (χ3v) is 3.92. The van der Waals surface area contributed by atoms with E-state index in [0.717, 1.165) is 12.8 Å². The van der Waals surface area contributed by atoms with Crippen molar-refractivity contribution in [1.29, 1.82) is 0 Å². The molecular weight excluding hydrogens is 296 g/mol.